The largest absolute Gasteiger partial charge is 0.453 e. The number of ether oxygens (including phenoxy) is 1. The minimum absolute atomic E-state index is 0.0294. The number of rotatable bonds is 9. The van der Waals surface area contributed by atoms with Crippen LogP contribution < -0.4 is 10.2 Å². The van der Waals surface area contributed by atoms with Crippen molar-refractivity contribution in [2.75, 3.05) is 64.4 Å². The van der Waals surface area contributed by atoms with Crippen LogP contribution in [0.4, 0.5) is 14.9 Å². The van der Waals surface area contributed by atoms with Gasteiger partial charge in [-0.05, 0) is 124 Å². The first-order valence-electron chi connectivity index (χ1n) is 16.3. The highest BCUT2D eigenvalue weighted by Crippen LogP contribution is 2.51. The fourth-order valence-electron chi connectivity index (χ4n) is 8.70. The number of benzene rings is 2. The number of alkyl carbamates (subject to hydrolysis) is 1. The van der Waals surface area contributed by atoms with Gasteiger partial charge >= 0.3 is 6.09 Å². The Kier molecular flexibility index (Phi) is 9.20. The summed E-state index contributed by atoms with van der Waals surface area (Å²) >= 11 is 0. The monoisotopic (exact) mass is 587 g/mol. The van der Waals surface area contributed by atoms with Crippen molar-refractivity contribution < 1.29 is 13.9 Å². The van der Waals surface area contributed by atoms with Gasteiger partial charge in [-0.1, -0.05) is 18.6 Å². The second kappa shape index (κ2) is 13.2. The van der Waals surface area contributed by atoms with Crippen LogP contribution >= 0.6 is 0 Å². The van der Waals surface area contributed by atoms with E-state index in [1.165, 1.54) is 25.6 Å². The summed E-state index contributed by atoms with van der Waals surface area (Å²) in [5.41, 5.74) is 2.79. The molecule has 2 aromatic carbocycles. The normalized spacial score (nSPS) is 26.4. The number of carbonyl (C=O) groups excluding carboxylic acids is 1. The molecule has 0 spiro atoms. The van der Waals surface area contributed by atoms with Crippen molar-refractivity contribution in [3.63, 3.8) is 0 Å². The van der Waals surface area contributed by atoms with Crippen LogP contribution in [0.1, 0.15) is 56.1 Å². The number of likely N-dealkylation sites (tertiary alicyclic amines) is 2. The highest BCUT2D eigenvalue weighted by atomic mass is 19.1. The van der Waals surface area contributed by atoms with Gasteiger partial charge in [0.2, 0.25) is 0 Å². The molecule has 7 nitrogen and oxygen atoms in total. The summed E-state index contributed by atoms with van der Waals surface area (Å²) < 4.78 is 19.9. The third-order valence-corrected chi connectivity index (χ3v) is 10.9. The van der Waals surface area contributed by atoms with Crippen molar-refractivity contribution in [2.24, 2.45) is 17.8 Å². The molecule has 1 unspecified atom stereocenters. The van der Waals surface area contributed by atoms with E-state index >= 15 is 0 Å². The van der Waals surface area contributed by atoms with E-state index in [0.29, 0.717) is 17.4 Å². The number of piperidine rings is 1. The predicted molar refractivity (Wildman–Crippen MR) is 166 cm³/mol. The van der Waals surface area contributed by atoms with Crippen LogP contribution in [-0.4, -0.2) is 81.4 Å². The maximum absolute atomic E-state index is 14.9. The van der Waals surface area contributed by atoms with E-state index in [2.05, 4.69) is 44.3 Å². The number of hydrogen-bond donors (Lipinski definition) is 1. The number of hydrogen-bond acceptors (Lipinski definition) is 6. The quantitative estimate of drug-likeness (QED) is 0.424. The number of methoxy groups -OCH3 is 1. The number of carbonyl (C=O) groups is 1. The highest BCUT2D eigenvalue weighted by molar-refractivity contribution is 5.67. The summed E-state index contributed by atoms with van der Waals surface area (Å²) in [7, 11) is 1.43. The van der Waals surface area contributed by atoms with Gasteiger partial charge in [-0.2, -0.15) is 5.26 Å². The van der Waals surface area contributed by atoms with E-state index in [1.807, 2.05) is 18.2 Å². The molecule has 4 atom stereocenters. The van der Waals surface area contributed by atoms with Gasteiger partial charge in [-0.15, -0.1) is 0 Å². The number of anilines is 1. The number of nitrogens with one attached hydrogen (secondary N) is 1. The third kappa shape index (κ3) is 6.39. The Morgan fingerprint density at radius 2 is 1.79 bits per heavy atom. The molecule has 6 rings (SSSR count). The van der Waals surface area contributed by atoms with E-state index in [0.717, 1.165) is 90.0 Å². The second-order valence-electron chi connectivity index (χ2n) is 13.3. The molecule has 1 N–H and O–H groups in total. The van der Waals surface area contributed by atoms with Crippen molar-refractivity contribution in [3.05, 3.63) is 65.5 Å². The average Bonchev–Trinajstić information content (AvgIpc) is 3.67. The van der Waals surface area contributed by atoms with E-state index in [-0.39, 0.29) is 29.3 Å². The maximum Gasteiger partial charge on any atom is 0.407 e. The Labute approximate surface area is 256 Å². The zero-order chi connectivity index (χ0) is 29.8. The molecule has 4 fully saturated rings. The molecular weight excluding hydrogens is 541 g/mol. The summed E-state index contributed by atoms with van der Waals surface area (Å²) in [5, 5.41) is 12.3. The number of nitrogens with zero attached hydrogens (tertiary/aromatic N) is 4. The lowest BCUT2D eigenvalue weighted by Gasteiger charge is -2.53. The van der Waals surface area contributed by atoms with Gasteiger partial charge in [0.25, 0.3) is 0 Å². The molecule has 0 bridgehead atoms. The van der Waals surface area contributed by atoms with Crippen LogP contribution in [0.15, 0.2) is 48.5 Å². The SMILES string of the molecule is COC(=O)N[C@H]1CCC[C@@H]1C(CN1CCC1)(c1cccc(F)c1)C1CCN(C[C@H]2CCN(c3ccc(C#N)cc3)C2)CC1. The Bertz CT molecular complexity index is 1290. The van der Waals surface area contributed by atoms with E-state index in [1.54, 1.807) is 12.1 Å². The molecule has 3 heterocycles. The van der Waals surface area contributed by atoms with E-state index in [9.17, 15) is 9.18 Å². The van der Waals surface area contributed by atoms with Crippen molar-refractivity contribution >= 4 is 11.8 Å². The Morgan fingerprint density at radius 3 is 2.47 bits per heavy atom. The van der Waals surface area contributed by atoms with Gasteiger partial charge < -0.3 is 24.8 Å². The molecule has 8 heteroatoms. The van der Waals surface area contributed by atoms with Gasteiger partial charge in [0, 0.05) is 43.3 Å². The molecule has 0 radical (unpaired) electrons. The Morgan fingerprint density at radius 1 is 1.00 bits per heavy atom. The van der Waals surface area contributed by atoms with Gasteiger partial charge in [-0.3, -0.25) is 0 Å². The summed E-state index contributed by atoms with van der Waals surface area (Å²) in [4.78, 5) is 20.1. The van der Waals surface area contributed by atoms with Crippen LogP contribution in [0.25, 0.3) is 0 Å². The molecular formula is C35H46FN5O2. The molecule has 4 aliphatic rings. The first kappa shape index (κ1) is 29.9. The van der Waals surface area contributed by atoms with E-state index < -0.39 is 0 Å². The molecule has 230 valence electrons. The number of nitriles is 1. The third-order valence-electron chi connectivity index (χ3n) is 10.9. The van der Waals surface area contributed by atoms with Crippen molar-refractivity contribution in [2.45, 2.75) is 56.4 Å². The smallest absolute Gasteiger partial charge is 0.407 e. The van der Waals surface area contributed by atoms with Crippen molar-refractivity contribution in [3.8, 4) is 6.07 Å². The number of halogens is 1. The Hall–Kier alpha value is -3.15. The number of amides is 1. The first-order chi connectivity index (χ1) is 21.0. The van der Waals surface area contributed by atoms with Crippen LogP contribution in [0.5, 0.6) is 0 Å². The van der Waals surface area contributed by atoms with Crippen LogP contribution in [0, 0.1) is 34.9 Å². The van der Waals surface area contributed by atoms with Gasteiger partial charge in [0.1, 0.15) is 5.82 Å². The average molecular weight is 588 g/mol. The zero-order valence-electron chi connectivity index (χ0n) is 25.5. The van der Waals surface area contributed by atoms with Crippen molar-refractivity contribution in [1.29, 1.82) is 5.26 Å². The van der Waals surface area contributed by atoms with Crippen LogP contribution in [0.2, 0.25) is 0 Å². The molecule has 3 saturated heterocycles. The van der Waals surface area contributed by atoms with Gasteiger partial charge in [-0.25, -0.2) is 9.18 Å². The minimum Gasteiger partial charge on any atom is -0.453 e. The molecule has 0 aromatic heterocycles. The minimum atomic E-state index is -0.365. The highest BCUT2D eigenvalue weighted by Gasteiger charge is 2.53. The second-order valence-corrected chi connectivity index (χ2v) is 13.3. The lowest BCUT2D eigenvalue weighted by molar-refractivity contribution is 0.0235. The molecule has 1 saturated carbocycles. The first-order valence-corrected chi connectivity index (χ1v) is 16.3. The van der Waals surface area contributed by atoms with E-state index in [4.69, 9.17) is 10.00 Å². The lowest BCUT2D eigenvalue weighted by Crippen LogP contribution is -2.59. The zero-order valence-corrected chi connectivity index (χ0v) is 25.5. The topological polar surface area (TPSA) is 71.8 Å². The molecule has 1 amide bonds. The summed E-state index contributed by atoms with van der Waals surface area (Å²) in [6.07, 6.45) is 7.23. The van der Waals surface area contributed by atoms with Crippen molar-refractivity contribution in [1.82, 2.24) is 15.1 Å². The fourth-order valence-corrected chi connectivity index (χ4v) is 8.70. The van der Waals surface area contributed by atoms with Gasteiger partial charge in [0.05, 0.1) is 18.7 Å². The summed E-state index contributed by atoms with van der Waals surface area (Å²) in [6.45, 7) is 8.43. The standard InChI is InChI=1S/C35H46FN5O2/c1-43-34(42)38-33-8-3-7-32(33)35(25-40-16-4-17-40,29-5-2-6-30(36)21-29)28-14-18-39(19-15-28)23-27-13-20-41(24-27)31-11-9-26(22-37)10-12-31/h2,5-6,9-12,21,27-28,32-33H,3-4,7-8,13-20,23-25H2,1H3,(H,38,42)/t27-,32+,33+,35?/m1/s1. The lowest BCUT2D eigenvalue weighted by atomic mass is 9.57. The molecule has 1 aliphatic carbocycles. The molecule has 3 aliphatic heterocycles. The Balaban J connectivity index is 1.19. The predicted octanol–water partition coefficient (Wildman–Crippen LogP) is 5.40. The van der Waals surface area contributed by atoms with Gasteiger partial charge in [0.15, 0.2) is 0 Å². The summed E-state index contributed by atoms with van der Waals surface area (Å²) in [6, 6.07) is 17.6. The maximum atomic E-state index is 14.9. The van der Waals surface area contributed by atoms with Crippen LogP contribution in [0.3, 0.4) is 0 Å². The molecule has 2 aromatic rings. The fraction of sp³-hybridized carbons (Fsp3) is 0.600. The summed E-state index contributed by atoms with van der Waals surface area (Å²) in [5.74, 6) is 1.10. The van der Waals surface area contributed by atoms with Crippen LogP contribution in [-0.2, 0) is 10.2 Å². The molecule has 43 heavy (non-hydrogen) atoms.